The smallest absolute Gasteiger partial charge is 0.0595 e. The Morgan fingerprint density at radius 2 is 2.00 bits per heavy atom. The van der Waals surface area contributed by atoms with Crippen LogP contribution < -0.4 is 0 Å². The van der Waals surface area contributed by atoms with E-state index in [1.54, 1.807) is 0 Å². The Morgan fingerprint density at radius 3 is 2.71 bits per heavy atom. The highest BCUT2D eigenvalue weighted by Gasteiger charge is 2.22. The van der Waals surface area contributed by atoms with Crippen molar-refractivity contribution in [3.05, 3.63) is 33.8 Å². The van der Waals surface area contributed by atoms with Gasteiger partial charge in [-0.05, 0) is 49.4 Å². The molecule has 0 spiro atoms. The van der Waals surface area contributed by atoms with Crippen LogP contribution in [0.2, 0.25) is 10.0 Å². The molecule has 1 unspecified atom stereocenters. The van der Waals surface area contributed by atoms with Crippen LogP contribution in [-0.2, 0) is 6.54 Å². The van der Waals surface area contributed by atoms with Gasteiger partial charge in [-0.25, -0.2) is 0 Å². The predicted molar refractivity (Wildman–Crippen MR) is 93.2 cm³/mol. The third-order valence-corrected chi connectivity index (χ3v) is 5.18. The first kappa shape index (κ1) is 17.1. The zero-order valence-electron chi connectivity index (χ0n) is 13.2. The third kappa shape index (κ3) is 5.47. The summed E-state index contributed by atoms with van der Waals surface area (Å²) in [6.45, 7) is 6.85. The largest absolute Gasteiger partial charge is 0.296 e. The molecule has 1 aliphatic rings. The molecule has 1 nitrogen and oxygen atoms in total. The maximum absolute atomic E-state index is 6.14. The summed E-state index contributed by atoms with van der Waals surface area (Å²) >= 11 is 12.1. The van der Waals surface area contributed by atoms with Crippen molar-refractivity contribution < 1.29 is 0 Å². The van der Waals surface area contributed by atoms with Gasteiger partial charge in [0.25, 0.3) is 0 Å². The molecule has 0 amide bonds. The number of hydrogen-bond acceptors (Lipinski definition) is 1. The molecule has 1 heterocycles. The molecule has 118 valence electrons. The Labute approximate surface area is 139 Å². The summed E-state index contributed by atoms with van der Waals surface area (Å²) in [7, 11) is 0. The zero-order valence-corrected chi connectivity index (χ0v) is 14.8. The Hall–Kier alpha value is -0.240. The van der Waals surface area contributed by atoms with Gasteiger partial charge in [0.15, 0.2) is 0 Å². The van der Waals surface area contributed by atoms with Gasteiger partial charge in [0.05, 0.1) is 10.0 Å². The second-order valence-corrected chi connectivity index (χ2v) is 7.51. The Kier molecular flexibility index (Phi) is 6.85. The minimum atomic E-state index is 0.646. The molecular weight excluding hydrogens is 301 g/mol. The van der Waals surface area contributed by atoms with Crippen LogP contribution in [0.4, 0.5) is 0 Å². The summed E-state index contributed by atoms with van der Waals surface area (Å²) in [5.74, 6) is 0.817. The molecule has 1 aliphatic heterocycles. The lowest BCUT2D eigenvalue weighted by atomic mass is 9.95. The van der Waals surface area contributed by atoms with Gasteiger partial charge in [-0.1, -0.05) is 62.4 Å². The van der Waals surface area contributed by atoms with E-state index < -0.39 is 0 Å². The fourth-order valence-electron chi connectivity index (χ4n) is 3.23. The normalized spacial score (nSPS) is 20.1. The molecule has 2 rings (SSSR count). The second-order valence-electron chi connectivity index (χ2n) is 6.69. The maximum Gasteiger partial charge on any atom is 0.0595 e. The fraction of sp³-hybridized carbons (Fsp3) is 0.667. The van der Waals surface area contributed by atoms with Crippen molar-refractivity contribution in [2.24, 2.45) is 5.92 Å². The van der Waals surface area contributed by atoms with Gasteiger partial charge in [-0.3, -0.25) is 4.90 Å². The average Bonchev–Trinajstić information content (AvgIpc) is 2.44. The van der Waals surface area contributed by atoms with Gasteiger partial charge in [-0.15, -0.1) is 0 Å². The van der Waals surface area contributed by atoms with Crippen LogP contribution in [0.1, 0.15) is 57.9 Å². The van der Waals surface area contributed by atoms with Gasteiger partial charge in [0.2, 0.25) is 0 Å². The van der Waals surface area contributed by atoms with Crippen LogP contribution in [0.15, 0.2) is 18.2 Å². The number of nitrogens with zero attached hydrogens (tertiary/aromatic N) is 1. The molecule has 1 saturated heterocycles. The highest BCUT2D eigenvalue weighted by Crippen LogP contribution is 2.27. The molecule has 0 bridgehead atoms. The van der Waals surface area contributed by atoms with Gasteiger partial charge < -0.3 is 0 Å². The highest BCUT2D eigenvalue weighted by atomic mass is 35.5. The average molecular weight is 328 g/mol. The predicted octanol–water partition coefficient (Wildman–Crippen LogP) is 6.17. The van der Waals surface area contributed by atoms with Gasteiger partial charge >= 0.3 is 0 Å². The first-order chi connectivity index (χ1) is 10.1. The van der Waals surface area contributed by atoms with Crippen LogP contribution >= 0.6 is 23.2 Å². The fourth-order valence-corrected chi connectivity index (χ4v) is 3.55. The minimum Gasteiger partial charge on any atom is -0.296 e. The van der Waals surface area contributed by atoms with E-state index in [4.69, 9.17) is 23.2 Å². The zero-order chi connectivity index (χ0) is 15.2. The standard InChI is InChI=1S/C18H27Cl2N/c1-14(2)6-5-8-16-7-3-4-11-21(16)13-15-9-10-17(19)18(20)12-15/h9-10,12,14,16H,3-8,11,13H2,1-2H3. The van der Waals surface area contributed by atoms with Gasteiger partial charge in [-0.2, -0.15) is 0 Å². The van der Waals surface area contributed by atoms with E-state index in [2.05, 4.69) is 24.8 Å². The number of rotatable bonds is 6. The molecule has 1 aromatic carbocycles. The lowest BCUT2D eigenvalue weighted by Crippen LogP contribution is -2.38. The molecule has 0 radical (unpaired) electrons. The summed E-state index contributed by atoms with van der Waals surface area (Å²) in [5.41, 5.74) is 1.28. The molecule has 1 aromatic rings. The van der Waals surface area contributed by atoms with Crippen LogP contribution in [0, 0.1) is 5.92 Å². The highest BCUT2D eigenvalue weighted by molar-refractivity contribution is 6.42. The first-order valence-corrected chi connectivity index (χ1v) is 9.00. The van der Waals surface area contributed by atoms with Crippen molar-refractivity contribution in [1.82, 2.24) is 4.90 Å². The van der Waals surface area contributed by atoms with Gasteiger partial charge in [0, 0.05) is 12.6 Å². The Bertz CT molecular complexity index is 445. The van der Waals surface area contributed by atoms with E-state index in [-0.39, 0.29) is 0 Å². The SMILES string of the molecule is CC(C)CCCC1CCCCN1Cc1ccc(Cl)c(Cl)c1. The molecule has 1 fully saturated rings. The maximum atomic E-state index is 6.14. The summed E-state index contributed by atoms with van der Waals surface area (Å²) < 4.78 is 0. The lowest BCUT2D eigenvalue weighted by Gasteiger charge is -2.36. The van der Waals surface area contributed by atoms with Crippen LogP contribution in [0.5, 0.6) is 0 Å². The van der Waals surface area contributed by atoms with Crippen LogP contribution in [0.25, 0.3) is 0 Å². The van der Waals surface area contributed by atoms with E-state index in [0.717, 1.165) is 18.5 Å². The molecule has 0 aromatic heterocycles. The Morgan fingerprint density at radius 1 is 1.19 bits per heavy atom. The van der Waals surface area contributed by atoms with E-state index >= 15 is 0 Å². The number of benzene rings is 1. The van der Waals surface area contributed by atoms with E-state index in [1.165, 1.54) is 50.6 Å². The summed E-state index contributed by atoms with van der Waals surface area (Å²) in [5, 5.41) is 1.31. The molecular formula is C18H27Cl2N. The lowest BCUT2D eigenvalue weighted by molar-refractivity contribution is 0.129. The van der Waals surface area contributed by atoms with E-state index in [9.17, 15) is 0 Å². The Balaban J connectivity index is 1.93. The summed E-state index contributed by atoms with van der Waals surface area (Å²) in [4.78, 5) is 2.64. The molecule has 1 atom stereocenters. The quantitative estimate of drug-likeness (QED) is 0.603. The molecule has 21 heavy (non-hydrogen) atoms. The summed E-state index contributed by atoms with van der Waals surface area (Å²) in [6, 6.07) is 6.78. The summed E-state index contributed by atoms with van der Waals surface area (Å²) in [6.07, 6.45) is 8.07. The van der Waals surface area contributed by atoms with Gasteiger partial charge in [0.1, 0.15) is 0 Å². The van der Waals surface area contributed by atoms with Crippen molar-refractivity contribution in [3.63, 3.8) is 0 Å². The second kappa shape index (κ2) is 8.41. The van der Waals surface area contributed by atoms with Crippen molar-refractivity contribution in [2.75, 3.05) is 6.54 Å². The van der Waals surface area contributed by atoms with E-state index in [0.29, 0.717) is 10.0 Å². The number of piperidine rings is 1. The molecule has 0 aliphatic carbocycles. The number of hydrogen-bond donors (Lipinski definition) is 0. The van der Waals surface area contributed by atoms with Crippen molar-refractivity contribution >= 4 is 23.2 Å². The number of halogens is 2. The molecule has 0 N–H and O–H groups in total. The topological polar surface area (TPSA) is 3.24 Å². The van der Waals surface area contributed by atoms with Crippen molar-refractivity contribution in [3.8, 4) is 0 Å². The number of likely N-dealkylation sites (tertiary alicyclic amines) is 1. The van der Waals surface area contributed by atoms with Crippen LogP contribution in [-0.4, -0.2) is 17.5 Å². The monoisotopic (exact) mass is 327 g/mol. The molecule has 0 saturated carbocycles. The van der Waals surface area contributed by atoms with Crippen molar-refractivity contribution in [2.45, 2.75) is 65.0 Å². The molecule has 3 heteroatoms. The third-order valence-electron chi connectivity index (χ3n) is 4.44. The van der Waals surface area contributed by atoms with Crippen LogP contribution in [0.3, 0.4) is 0 Å². The first-order valence-electron chi connectivity index (χ1n) is 8.24. The minimum absolute atomic E-state index is 0.646. The van der Waals surface area contributed by atoms with E-state index in [1.807, 2.05) is 12.1 Å². The van der Waals surface area contributed by atoms with Crippen molar-refractivity contribution in [1.29, 1.82) is 0 Å².